The van der Waals surface area contributed by atoms with Gasteiger partial charge in [-0.3, -0.25) is 4.79 Å². The quantitative estimate of drug-likeness (QED) is 0.910. The molecule has 0 atom stereocenters. The summed E-state index contributed by atoms with van der Waals surface area (Å²) in [5.41, 5.74) is 4.49. The van der Waals surface area contributed by atoms with Crippen molar-refractivity contribution < 1.29 is 4.79 Å². The molecule has 20 heavy (non-hydrogen) atoms. The maximum atomic E-state index is 12.4. The van der Waals surface area contributed by atoms with E-state index in [1.165, 1.54) is 6.33 Å². The molecule has 1 amide bonds. The Balaban J connectivity index is 1.88. The fourth-order valence-corrected chi connectivity index (χ4v) is 2.63. The number of hydrogen-bond acceptors (Lipinski definition) is 3. The maximum Gasteiger partial charge on any atom is 0.274 e. The normalized spacial score (nSPS) is 13.7. The molecule has 1 aliphatic rings. The fourth-order valence-electron chi connectivity index (χ4n) is 2.63. The van der Waals surface area contributed by atoms with Crippen LogP contribution < -0.4 is 5.32 Å². The van der Waals surface area contributed by atoms with E-state index in [4.69, 9.17) is 0 Å². The van der Waals surface area contributed by atoms with E-state index < -0.39 is 0 Å². The van der Waals surface area contributed by atoms with Gasteiger partial charge in [0.05, 0.1) is 0 Å². The first kappa shape index (κ1) is 12.8. The van der Waals surface area contributed by atoms with Gasteiger partial charge in [-0.25, -0.2) is 9.97 Å². The summed E-state index contributed by atoms with van der Waals surface area (Å²) in [5, 5.41) is 2.92. The largest absolute Gasteiger partial charge is 0.321 e. The summed E-state index contributed by atoms with van der Waals surface area (Å²) >= 11 is 0. The molecule has 0 saturated heterocycles. The molecule has 1 N–H and O–H groups in total. The summed E-state index contributed by atoms with van der Waals surface area (Å²) in [5.74, 6) is -0.142. The minimum atomic E-state index is -0.142. The molecule has 4 heteroatoms. The van der Waals surface area contributed by atoms with Crippen LogP contribution in [0.15, 0.2) is 30.6 Å². The molecule has 0 radical (unpaired) electrons. The van der Waals surface area contributed by atoms with Gasteiger partial charge >= 0.3 is 0 Å². The van der Waals surface area contributed by atoms with Gasteiger partial charge in [0.15, 0.2) is 0 Å². The zero-order chi connectivity index (χ0) is 13.9. The van der Waals surface area contributed by atoms with E-state index in [-0.39, 0.29) is 5.91 Å². The minimum absolute atomic E-state index is 0.142. The second kappa shape index (κ2) is 5.41. The highest BCUT2D eigenvalue weighted by molar-refractivity contribution is 6.04. The number of carbonyl (C=O) groups excluding carboxylic acids is 1. The molecule has 0 bridgehead atoms. The van der Waals surface area contributed by atoms with Crippen LogP contribution in [0.4, 0.5) is 5.69 Å². The number of benzene rings is 1. The number of amides is 1. The van der Waals surface area contributed by atoms with E-state index in [1.54, 1.807) is 0 Å². The van der Waals surface area contributed by atoms with Crippen LogP contribution >= 0.6 is 0 Å². The lowest BCUT2D eigenvalue weighted by atomic mass is 9.94. The lowest BCUT2D eigenvalue weighted by Crippen LogP contribution is -2.20. The Bertz CT molecular complexity index is 652. The summed E-state index contributed by atoms with van der Waals surface area (Å²) in [6.07, 6.45) is 5.58. The molecular weight excluding hydrogens is 250 g/mol. The zero-order valence-electron chi connectivity index (χ0n) is 11.5. The first-order valence-electron chi connectivity index (χ1n) is 6.95. The molecule has 3 rings (SSSR count). The first-order valence-corrected chi connectivity index (χ1v) is 6.95. The number of nitrogens with zero attached hydrogens (tertiary/aromatic N) is 2. The minimum Gasteiger partial charge on any atom is -0.321 e. The van der Waals surface area contributed by atoms with Crippen LogP contribution in [0, 0.1) is 6.92 Å². The van der Waals surface area contributed by atoms with Gasteiger partial charge in [-0.1, -0.05) is 12.1 Å². The standard InChI is InChI=1S/C16H17N3O/c1-11-5-4-6-12(9-11)19-16(20)15-13-7-2-3-8-14(13)17-10-18-15/h4-6,9-10H,2-3,7-8H2,1H3,(H,19,20). The molecule has 0 spiro atoms. The number of aromatic nitrogens is 2. The van der Waals surface area contributed by atoms with Gasteiger partial charge in [-0.15, -0.1) is 0 Å². The highest BCUT2D eigenvalue weighted by Gasteiger charge is 2.20. The molecule has 0 unspecified atom stereocenters. The average Bonchev–Trinajstić information content (AvgIpc) is 2.46. The van der Waals surface area contributed by atoms with Crippen molar-refractivity contribution in [1.29, 1.82) is 0 Å². The molecule has 1 aromatic carbocycles. The molecule has 2 aromatic rings. The Morgan fingerprint density at radius 2 is 2.05 bits per heavy atom. The maximum absolute atomic E-state index is 12.4. The van der Waals surface area contributed by atoms with Crippen LogP contribution in [0.25, 0.3) is 0 Å². The third kappa shape index (κ3) is 2.54. The Morgan fingerprint density at radius 3 is 2.90 bits per heavy atom. The third-order valence-electron chi connectivity index (χ3n) is 3.62. The number of anilines is 1. The Labute approximate surface area is 118 Å². The second-order valence-electron chi connectivity index (χ2n) is 5.18. The van der Waals surface area contributed by atoms with Gasteiger partial charge in [0.25, 0.3) is 5.91 Å². The summed E-state index contributed by atoms with van der Waals surface area (Å²) < 4.78 is 0. The van der Waals surface area contributed by atoms with Gasteiger partial charge in [0.2, 0.25) is 0 Å². The van der Waals surface area contributed by atoms with Crippen molar-refractivity contribution in [3.05, 3.63) is 53.1 Å². The smallest absolute Gasteiger partial charge is 0.274 e. The molecule has 102 valence electrons. The van der Waals surface area contributed by atoms with E-state index in [1.807, 2.05) is 31.2 Å². The van der Waals surface area contributed by atoms with Crippen LogP contribution in [0.3, 0.4) is 0 Å². The van der Waals surface area contributed by atoms with E-state index in [9.17, 15) is 4.79 Å². The molecule has 0 saturated carbocycles. The van der Waals surface area contributed by atoms with Crippen molar-refractivity contribution in [2.45, 2.75) is 32.6 Å². The molecule has 4 nitrogen and oxygen atoms in total. The van der Waals surface area contributed by atoms with Crippen molar-refractivity contribution in [1.82, 2.24) is 9.97 Å². The lowest BCUT2D eigenvalue weighted by molar-refractivity contribution is 0.102. The predicted molar refractivity (Wildman–Crippen MR) is 77.8 cm³/mol. The first-order chi connectivity index (χ1) is 9.74. The SMILES string of the molecule is Cc1cccc(NC(=O)c2ncnc3c2CCCC3)c1. The van der Waals surface area contributed by atoms with Crippen LogP contribution in [0.1, 0.15) is 40.2 Å². The van der Waals surface area contributed by atoms with Gasteiger partial charge in [0, 0.05) is 16.9 Å². The summed E-state index contributed by atoms with van der Waals surface area (Å²) in [6, 6.07) is 7.77. The van der Waals surface area contributed by atoms with Crippen LogP contribution in [0.5, 0.6) is 0 Å². The van der Waals surface area contributed by atoms with Gasteiger partial charge in [0.1, 0.15) is 12.0 Å². The Kier molecular flexibility index (Phi) is 3.46. The predicted octanol–water partition coefficient (Wildman–Crippen LogP) is 2.92. The topological polar surface area (TPSA) is 54.9 Å². The molecule has 0 aliphatic heterocycles. The molecule has 1 heterocycles. The number of hydrogen-bond donors (Lipinski definition) is 1. The van der Waals surface area contributed by atoms with Crippen LogP contribution in [0.2, 0.25) is 0 Å². The van der Waals surface area contributed by atoms with Gasteiger partial charge in [-0.05, 0) is 50.3 Å². The number of nitrogens with one attached hydrogen (secondary N) is 1. The van der Waals surface area contributed by atoms with Crippen molar-refractivity contribution in [3.63, 3.8) is 0 Å². The molecular formula is C16H17N3O. The van der Waals surface area contributed by atoms with Crippen molar-refractivity contribution >= 4 is 11.6 Å². The Morgan fingerprint density at radius 1 is 1.20 bits per heavy atom. The molecule has 1 aliphatic carbocycles. The van der Waals surface area contributed by atoms with E-state index in [0.717, 1.165) is 48.2 Å². The third-order valence-corrected chi connectivity index (χ3v) is 3.62. The number of fused-ring (bicyclic) bond motifs is 1. The number of aryl methyl sites for hydroxylation is 2. The average molecular weight is 267 g/mol. The van der Waals surface area contributed by atoms with Crippen LogP contribution in [-0.2, 0) is 12.8 Å². The number of rotatable bonds is 2. The summed E-state index contributed by atoms with van der Waals surface area (Å²) in [4.78, 5) is 20.9. The van der Waals surface area contributed by atoms with E-state index in [2.05, 4.69) is 15.3 Å². The monoisotopic (exact) mass is 267 g/mol. The fraction of sp³-hybridized carbons (Fsp3) is 0.312. The second-order valence-corrected chi connectivity index (χ2v) is 5.18. The van der Waals surface area contributed by atoms with Gasteiger partial charge < -0.3 is 5.32 Å². The zero-order valence-corrected chi connectivity index (χ0v) is 11.5. The summed E-state index contributed by atoms with van der Waals surface area (Å²) in [7, 11) is 0. The van der Waals surface area contributed by atoms with E-state index >= 15 is 0 Å². The summed E-state index contributed by atoms with van der Waals surface area (Å²) in [6.45, 7) is 2.00. The van der Waals surface area contributed by atoms with Crippen molar-refractivity contribution in [2.24, 2.45) is 0 Å². The number of carbonyl (C=O) groups is 1. The molecule has 1 aromatic heterocycles. The van der Waals surface area contributed by atoms with Gasteiger partial charge in [-0.2, -0.15) is 0 Å². The van der Waals surface area contributed by atoms with Crippen molar-refractivity contribution in [3.8, 4) is 0 Å². The van der Waals surface area contributed by atoms with Crippen molar-refractivity contribution in [2.75, 3.05) is 5.32 Å². The molecule has 0 fully saturated rings. The highest BCUT2D eigenvalue weighted by Crippen LogP contribution is 2.22. The van der Waals surface area contributed by atoms with Crippen LogP contribution in [-0.4, -0.2) is 15.9 Å². The lowest BCUT2D eigenvalue weighted by Gasteiger charge is -2.16. The van der Waals surface area contributed by atoms with E-state index in [0.29, 0.717) is 5.69 Å². The Hall–Kier alpha value is -2.23. The highest BCUT2D eigenvalue weighted by atomic mass is 16.1.